The largest absolute Gasteiger partial charge is 0.481 e. The van der Waals surface area contributed by atoms with Crippen molar-refractivity contribution in [1.82, 2.24) is 0 Å². The molecule has 0 saturated heterocycles. The highest BCUT2D eigenvalue weighted by Gasteiger charge is 2.02. The van der Waals surface area contributed by atoms with Gasteiger partial charge in [0, 0.05) is 5.56 Å². The summed E-state index contributed by atoms with van der Waals surface area (Å²) in [5.74, 6) is 0.614. The second-order valence-electron chi connectivity index (χ2n) is 5.32. The van der Waals surface area contributed by atoms with Crippen molar-refractivity contribution in [3.8, 4) is 0 Å². The standard InChI is InChI=1S/C22H19NO/c1-24-22(20-10-6-3-7-11-20)23-21-16-14-19(15-17-21)13-12-18-8-4-2-5-9-18/h2-17H,1H3. The lowest BCUT2D eigenvalue weighted by Gasteiger charge is -2.05. The van der Waals surface area contributed by atoms with Crippen LogP contribution in [0, 0.1) is 0 Å². The molecule has 0 aromatic heterocycles. The zero-order chi connectivity index (χ0) is 16.6. The fourth-order valence-corrected chi connectivity index (χ4v) is 2.34. The van der Waals surface area contributed by atoms with Crippen LogP contribution in [0.25, 0.3) is 12.2 Å². The highest BCUT2D eigenvalue weighted by Crippen LogP contribution is 2.17. The monoisotopic (exact) mass is 313 g/mol. The molecule has 3 rings (SSSR count). The molecule has 0 saturated carbocycles. The molecule has 0 atom stereocenters. The van der Waals surface area contributed by atoms with Gasteiger partial charge in [-0.2, -0.15) is 0 Å². The average molecular weight is 313 g/mol. The van der Waals surface area contributed by atoms with E-state index < -0.39 is 0 Å². The Morgan fingerprint density at radius 3 is 1.83 bits per heavy atom. The van der Waals surface area contributed by atoms with E-state index in [4.69, 9.17) is 4.74 Å². The molecule has 0 spiro atoms. The van der Waals surface area contributed by atoms with E-state index in [9.17, 15) is 0 Å². The van der Waals surface area contributed by atoms with Gasteiger partial charge >= 0.3 is 0 Å². The molecule has 2 nitrogen and oxygen atoms in total. The van der Waals surface area contributed by atoms with Crippen molar-refractivity contribution in [2.75, 3.05) is 7.11 Å². The molecule has 0 aliphatic rings. The molecule has 0 heterocycles. The van der Waals surface area contributed by atoms with Gasteiger partial charge in [-0.05, 0) is 35.4 Å². The molecule has 0 radical (unpaired) electrons. The number of nitrogens with zero attached hydrogens (tertiary/aromatic N) is 1. The van der Waals surface area contributed by atoms with Crippen molar-refractivity contribution < 1.29 is 4.74 Å². The van der Waals surface area contributed by atoms with Crippen LogP contribution in [0.15, 0.2) is 89.9 Å². The highest BCUT2D eigenvalue weighted by molar-refractivity contribution is 5.95. The summed E-state index contributed by atoms with van der Waals surface area (Å²) >= 11 is 0. The molecular weight excluding hydrogens is 294 g/mol. The van der Waals surface area contributed by atoms with E-state index in [-0.39, 0.29) is 0 Å². The van der Waals surface area contributed by atoms with Gasteiger partial charge < -0.3 is 4.74 Å². The van der Waals surface area contributed by atoms with Crippen LogP contribution < -0.4 is 0 Å². The second kappa shape index (κ2) is 7.93. The maximum absolute atomic E-state index is 5.41. The number of ether oxygens (including phenoxy) is 1. The fourth-order valence-electron chi connectivity index (χ4n) is 2.34. The van der Waals surface area contributed by atoms with Crippen LogP contribution in [0.4, 0.5) is 5.69 Å². The quantitative estimate of drug-likeness (QED) is 0.350. The molecule has 118 valence electrons. The third-order valence-corrected chi connectivity index (χ3v) is 3.61. The first-order chi connectivity index (χ1) is 11.8. The Kier molecular flexibility index (Phi) is 5.21. The molecule has 3 aromatic carbocycles. The fraction of sp³-hybridized carbons (Fsp3) is 0.0455. The minimum Gasteiger partial charge on any atom is -0.481 e. The third kappa shape index (κ3) is 4.20. The second-order valence-corrected chi connectivity index (χ2v) is 5.32. The molecule has 0 aliphatic carbocycles. The molecule has 2 heteroatoms. The van der Waals surface area contributed by atoms with Crippen LogP contribution >= 0.6 is 0 Å². The van der Waals surface area contributed by atoms with Crippen LogP contribution in [0.2, 0.25) is 0 Å². The molecule has 0 unspecified atom stereocenters. The Balaban J connectivity index is 1.77. The predicted octanol–water partition coefficient (Wildman–Crippen LogP) is 5.58. The van der Waals surface area contributed by atoms with Crippen molar-refractivity contribution >= 4 is 23.7 Å². The maximum atomic E-state index is 5.41. The summed E-state index contributed by atoms with van der Waals surface area (Å²) in [4.78, 5) is 4.58. The minimum absolute atomic E-state index is 0.614. The Morgan fingerprint density at radius 2 is 1.25 bits per heavy atom. The Hall–Kier alpha value is -3.13. The first-order valence-electron chi connectivity index (χ1n) is 7.86. The van der Waals surface area contributed by atoms with E-state index in [0.717, 1.165) is 16.8 Å². The average Bonchev–Trinajstić information content (AvgIpc) is 2.67. The van der Waals surface area contributed by atoms with Gasteiger partial charge in [-0.15, -0.1) is 0 Å². The van der Waals surface area contributed by atoms with Crippen molar-refractivity contribution in [3.63, 3.8) is 0 Å². The lowest BCUT2D eigenvalue weighted by molar-refractivity contribution is 0.405. The number of rotatable bonds is 4. The van der Waals surface area contributed by atoms with Gasteiger partial charge in [0.15, 0.2) is 0 Å². The first-order valence-corrected chi connectivity index (χ1v) is 7.86. The lowest BCUT2D eigenvalue weighted by Crippen LogP contribution is -2.02. The van der Waals surface area contributed by atoms with Gasteiger partial charge in [0.1, 0.15) is 0 Å². The molecule has 0 fully saturated rings. The highest BCUT2D eigenvalue weighted by atomic mass is 16.5. The number of aliphatic imine (C=N–C) groups is 1. The van der Waals surface area contributed by atoms with Gasteiger partial charge in [0.05, 0.1) is 12.8 Å². The summed E-state index contributed by atoms with van der Waals surface area (Å²) in [6, 6.07) is 28.2. The summed E-state index contributed by atoms with van der Waals surface area (Å²) in [7, 11) is 1.64. The van der Waals surface area contributed by atoms with Gasteiger partial charge in [0.2, 0.25) is 5.90 Å². The zero-order valence-corrected chi connectivity index (χ0v) is 13.6. The number of methoxy groups -OCH3 is 1. The summed E-state index contributed by atoms with van der Waals surface area (Å²) in [6.07, 6.45) is 4.19. The number of benzene rings is 3. The predicted molar refractivity (Wildman–Crippen MR) is 101 cm³/mol. The number of hydrogen-bond acceptors (Lipinski definition) is 2. The Labute approximate surface area is 142 Å². The first kappa shape index (κ1) is 15.8. The van der Waals surface area contributed by atoms with Crippen LogP contribution in [0.1, 0.15) is 16.7 Å². The molecule has 0 amide bonds. The summed E-state index contributed by atoms with van der Waals surface area (Å²) in [6.45, 7) is 0. The maximum Gasteiger partial charge on any atom is 0.220 e. The van der Waals surface area contributed by atoms with Gasteiger partial charge in [-0.25, -0.2) is 4.99 Å². The van der Waals surface area contributed by atoms with E-state index in [2.05, 4.69) is 41.4 Å². The van der Waals surface area contributed by atoms with E-state index in [1.54, 1.807) is 7.11 Å². The van der Waals surface area contributed by atoms with Gasteiger partial charge in [-0.1, -0.05) is 72.8 Å². The zero-order valence-electron chi connectivity index (χ0n) is 13.6. The van der Waals surface area contributed by atoms with Crippen LogP contribution in [-0.4, -0.2) is 13.0 Å². The van der Waals surface area contributed by atoms with Crippen molar-refractivity contribution in [3.05, 3.63) is 102 Å². The van der Waals surface area contributed by atoms with Crippen molar-refractivity contribution in [1.29, 1.82) is 0 Å². The molecule has 3 aromatic rings. The molecule has 0 aliphatic heterocycles. The van der Waals surface area contributed by atoms with Gasteiger partial charge in [-0.3, -0.25) is 0 Å². The Bertz CT molecular complexity index is 819. The van der Waals surface area contributed by atoms with E-state index in [1.807, 2.05) is 60.7 Å². The third-order valence-electron chi connectivity index (χ3n) is 3.61. The lowest BCUT2D eigenvalue weighted by atomic mass is 10.1. The molecule has 0 N–H and O–H groups in total. The SMILES string of the molecule is COC(=Nc1ccc(C=Cc2ccccc2)cc1)c1ccccc1. The minimum atomic E-state index is 0.614. The van der Waals surface area contributed by atoms with Crippen LogP contribution in [0.5, 0.6) is 0 Å². The topological polar surface area (TPSA) is 21.6 Å². The molecular formula is C22H19NO. The number of hydrogen-bond donors (Lipinski definition) is 0. The van der Waals surface area contributed by atoms with Gasteiger partial charge in [0.25, 0.3) is 0 Å². The molecule has 24 heavy (non-hydrogen) atoms. The summed E-state index contributed by atoms with van der Waals surface area (Å²) < 4.78 is 5.41. The molecule has 0 bridgehead atoms. The van der Waals surface area contributed by atoms with Crippen LogP contribution in [0.3, 0.4) is 0 Å². The smallest absolute Gasteiger partial charge is 0.220 e. The normalized spacial score (nSPS) is 11.6. The summed E-state index contributed by atoms with van der Waals surface area (Å²) in [5.41, 5.74) is 4.16. The van der Waals surface area contributed by atoms with Crippen LogP contribution in [-0.2, 0) is 4.74 Å². The van der Waals surface area contributed by atoms with E-state index in [1.165, 1.54) is 5.56 Å². The van der Waals surface area contributed by atoms with E-state index in [0.29, 0.717) is 5.90 Å². The Morgan fingerprint density at radius 1 is 0.708 bits per heavy atom. The van der Waals surface area contributed by atoms with E-state index >= 15 is 0 Å². The summed E-state index contributed by atoms with van der Waals surface area (Å²) in [5, 5.41) is 0. The van der Waals surface area contributed by atoms with Crippen molar-refractivity contribution in [2.24, 2.45) is 4.99 Å². The van der Waals surface area contributed by atoms with Crippen molar-refractivity contribution in [2.45, 2.75) is 0 Å².